The van der Waals surface area contributed by atoms with Gasteiger partial charge in [-0.2, -0.15) is 0 Å². The number of sulfonamides is 1. The maximum Gasteiger partial charge on any atom is 0.247 e. The lowest BCUT2D eigenvalue weighted by atomic mass is 10.2. The number of aromatic nitrogens is 3. The van der Waals surface area contributed by atoms with E-state index in [-0.39, 0.29) is 17.9 Å². The normalized spacial score (nSPS) is 11.5. The molecule has 1 N–H and O–H groups in total. The summed E-state index contributed by atoms with van der Waals surface area (Å²) in [5.74, 6) is 1.36. The molecule has 0 saturated heterocycles. The minimum atomic E-state index is -3.63. The van der Waals surface area contributed by atoms with Gasteiger partial charge in [0.15, 0.2) is 0 Å². The Bertz CT molecular complexity index is 987. The van der Waals surface area contributed by atoms with Gasteiger partial charge in [-0.1, -0.05) is 0 Å². The quantitative estimate of drug-likeness (QED) is 0.673. The highest BCUT2D eigenvalue weighted by molar-refractivity contribution is 7.89. The van der Waals surface area contributed by atoms with Crippen molar-refractivity contribution in [1.29, 1.82) is 0 Å². The first kappa shape index (κ1) is 18.0. The number of rotatable bonds is 7. The average Bonchev–Trinajstić information content (AvgIpc) is 3.11. The summed E-state index contributed by atoms with van der Waals surface area (Å²) in [5, 5.41) is 7.89. The molecule has 26 heavy (non-hydrogen) atoms. The number of methoxy groups -OCH3 is 1. The number of pyridine rings is 1. The van der Waals surface area contributed by atoms with E-state index in [2.05, 4.69) is 19.9 Å². The van der Waals surface area contributed by atoms with Crippen molar-refractivity contribution in [2.75, 3.05) is 13.7 Å². The van der Waals surface area contributed by atoms with Crippen LogP contribution in [0.25, 0.3) is 11.5 Å². The fourth-order valence-electron chi connectivity index (χ4n) is 2.36. The smallest absolute Gasteiger partial charge is 0.247 e. The van der Waals surface area contributed by atoms with Gasteiger partial charge in [0, 0.05) is 30.9 Å². The first-order valence-corrected chi connectivity index (χ1v) is 9.35. The molecule has 3 aromatic rings. The summed E-state index contributed by atoms with van der Waals surface area (Å²) in [4.78, 5) is 4.11. The topological polar surface area (TPSA) is 107 Å². The van der Waals surface area contributed by atoms with E-state index in [0.717, 1.165) is 11.1 Å². The molecule has 0 atom stereocenters. The van der Waals surface area contributed by atoms with E-state index in [4.69, 9.17) is 9.15 Å². The highest BCUT2D eigenvalue weighted by Gasteiger charge is 2.16. The largest absolute Gasteiger partial charge is 0.496 e. The maximum absolute atomic E-state index is 12.4. The Morgan fingerprint density at radius 2 is 1.92 bits per heavy atom. The molecule has 136 valence electrons. The van der Waals surface area contributed by atoms with Gasteiger partial charge in [-0.05, 0) is 42.8 Å². The van der Waals surface area contributed by atoms with Gasteiger partial charge in [0.2, 0.25) is 21.8 Å². The predicted molar refractivity (Wildman–Crippen MR) is 94.2 cm³/mol. The summed E-state index contributed by atoms with van der Waals surface area (Å²) >= 11 is 0. The lowest BCUT2D eigenvalue weighted by molar-refractivity contribution is 0.411. The third kappa shape index (κ3) is 4.06. The van der Waals surface area contributed by atoms with E-state index >= 15 is 0 Å². The molecule has 0 amide bonds. The van der Waals surface area contributed by atoms with Gasteiger partial charge in [-0.25, -0.2) is 13.1 Å². The molecule has 8 nitrogen and oxygen atoms in total. The number of hydrogen-bond donors (Lipinski definition) is 1. The Morgan fingerprint density at radius 3 is 2.62 bits per heavy atom. The molecule has 0 aliphatic heterocycles. The van der Waals surface area contributed by atoms with Gasteiger partial charge in [0.05, 0.1) is 12.0 Å². The molecular formula is C17H18N4O4S. The van der Waals surface area contributed by atoms with Gasteiger partial charge in [-0.15, -0.1) is 10.2 Å². The van der Waals surface area contributed by atoms with Gasteiger partial charge in [-0.3, -0.25) is 4.98 Å². The summed E-state index contributed by atoms with van der Waals surface area (Å²) in [7, 11) is -2.09. The van der Waals surface area contributed by atoms with Crippen molar-refractivity contribution < 1.29 is 17.6 Å². The Hall–Kier alpha value is -2.78. The van der Waals surface area contributed by atoms with Crippen molar-refractivity contribution in [2.45, 2.75) is 18.2 Å². The van der Waals surface area contributed by atoms with Crippen molar-refractivity contribution in [3.63, 3.8) is 0 Å². The maximum atomic E-state index is 12.4. The van der Waals surface area contributed by atoms with Gasteiger partial charge < -0.3 is 9.15 Å². The van der Waals surface area contributed by atoms with Crippen LogP contribution in [0.4, 0.5) is 0 Å². The summed E-state index contributed by atoms with van der Waals surface area (Å²) < 4.78 is 38.0. The fourth-order valence-corrected chi connectivity index (χ4v) is 3.48. The van der Waals surface area contributed by atoms with Crippen LogP contribution in [0.5, 0.6) is 5.75 Å². The first-order valence-electron chi connectivity index (χ1n) is 7.86. The van der Waals surface area contributed by atoms with E-state index < -0.39 is 10.0 Å². The van der Waals surface area contributed by atoms with E-state index in [9.17, 15) is 8.42 Å². The lowest BCUT2D eigenvalue weighted by Crippen LogP contribution is -2.26. The van der Waals surface area contributed by atoms with Gasteiger partial charge in [0.25, 0.3) is 0 Å². The number of ether oxygens (including phenoxy) is 1. The molecule has 0 aliphatic carbocycles. The van der Waals surface area contributed by atoms with Crippen LogP contribution >= 0.6 is 0 Å². The summed E-state index contributed by atoms with van der Waals surface area (Å²) in [5.41, 5.74) is 1.50. The van der Waals surface area contributed by atoms with E-state index in [1.165, 1.54) is 6.07 Å². The number of hydrogen-bond acceptors (Lipinski definition) is 7. The zero-order valence-corrected chi connectivity index (χ0v) is 15.2. The van der Waals surface area contributed by atoms with Crippen molar-refractivity contribution in [3.8, 4) is 17.2 Å². The molecule has 0 saturated carbocycles. The number of nitrogens with one attached hydrogen (secondary N) is 1. The van der Waals surface area contributed by atoms with Crippen LogP contribution in [0.1, 0.15) is 11.5 Å². The minimum Gasteiger partial charge on any atom is -0.496 e. The van der Waals surface area contributed by atoms with Crippen LogP contribution in [-0.4, -0.2) is 37.3 Å². The predicted octanol–water partition coefficient (Wildman–Crippen LogP) is 1.97. The van der Waals surface area contributed by atoms with Crippen LogP contribution < -0.4 is 9.46 Å². The van der Waals surface area contributed by atoms with E-state index in [1.54, 1.807) is 50.7 Å². The second-order valence-electron chi connectivity index (χ2n) is 5.52. The highest BCUT2D eigenvalue weighted by Crippen LogP contribution is 2.21. The third-order valence-corrected chi connectivity index (χ3v) is 5.16. The molecule has 0 fully saturated rings. The first-order chi connectivity index (χ1) is 12.5. The van der Waals surface area contributed by atoms with E-state index in [1.807, 2.05) is 0 Å². The van der Waals surface area contributed by atoms with Gasteiger partial charge in [0.1, 0.15) is 5.75 Å². The summed E-state index contributed by atoms with van der Waals surface area (Å²) in [6.45, 7) is 1.93. The molecule has 0 aliphatic rings. The molecule has 1 aromatic carbocycles. The average molecular weight is 374 g/mol. The highest BCUT2D eigenvalue weighted by atomic mass is 32.2. The molecule has 0 bridgehead atoms. The Labute approximate surface area is 151 Å². The Morgan fingerprint density at radius 1 is 1.15 bits per heavy atom. The van der Waals surface area contributed by atoms with Crippen LogP contribution in [0.15, 0.2) is 52.0 Å². The van der Waals surface area contributed by atoms with Crippen LogP contribution in [0, 0.1) is 6.92 Å². The minimum absolute atomic E-state index is 0.144. The zero-order chi connectivity index (χ0) is 18.6. The molecular weight excluding hydrogens is 356 g/mol. The molecule has 2 heterocycles. The van der Waals surface area contributed by atoms with Crippen molar-refractivity contribution in [2.24, 2.45) is 0 Å². The standard InChI is InChI=1S/C17H18N4O4S/c1-12-11-14(3-4-15(12)24-2)26(22,23)19-10-7-16-20-21-17(25-16)13-5-8-18-9-6-13/h3-6,8-9,11,19H,7,10H2,1-2H3. The molecule has 3 rings (SSSR count). The number of benzene rings is 1. The molecule has 0 unspecified atom stereocenters. The van der Waals surface area contributed by atoms with Crippen molar-refractivity contribution in [3.05, 3.63) is 54.2 Å². The van der Waals surface area contributed by atoms with Crippen molar-refractivity contribution in [1.82, 2.24) is 19.9 Å². The SMILES string of the molecule is COc1ccc(S(=O)(=O)NCCc2nnc(-c3ccncc3)o2)cc1C. The number of nitrogens with zero attached hydrogens (tertiary/aromatic N) is 3. The third-order valence-electron chi connectivity index (χ3n) is 3.70. The fraction of sp³-hybridized carbons (Fsp3) is 0.235. The lowest BCUT2D eigenvalue weighted by Gasteiger charge is -2.09. The molecule has 2 aromatic heterocycles. The van der Waals surface area contributed by atoms with Crippen LogP contribution in [0.3, 0.4) is 0 Å². The Kier molecular flexibility index (Phi) is 5.29. The van der Waals surface area contributed by atoms with Crippen molar-refractivity contribution >= 4 is 10.0 Å². The monoisotopic (exact) mass is 374 g/mol. The molecule has 0 radical (unpaired) electrons. The zero-order valence-electron chi connectivity index (χ0n) is 14.3. The van der Waals surface area contributed by atoms with E-state index in [0.29, 0.717) is 17.5 Å². The molecule has 9 heteroatoms. The second-order valence-corrected chi connectivity index (χ2v) is 7.28. The summed E-state index contributed by atoms with van der Waals surface area (Å²) in [6.07, 6.45) is 3.54. The van der Waals surface area contributed by atoms with Crippen LogP contribution in [-0.2, 0) is 16.4 Å². The Balaban J connectivity index is 1.62. The molecule has 0 spiro atoms. The summed E-state index contributed by atoms with van der Waals surface area (Å²) in [6, 6.07) is 8.21. The number of aryl methyl sites for hydroxylation is 1. The van der Waals surface area contributed by atoms with Gasteiger partial charge >= 0.3 is 0 Å². The van der Waals surface area contributed by atoms with Crippen LogP contribution in [0.2, 0.25) is 0 Å². The second kappa shape index (κ2) is 7.63.